The molecule has 4 N–H and O–H groups in total. The zero-order valence-electron chi connectivity index (χ0n) is 11.6. The lowest BCUT2D eigenvalue weighted by Crippen LogP contribution is -2.17. The predicted octanol–water partition coefficient (Wildman–Crippen LogP) is 1.41. The number of para-hydroxylation sites is 1. The summed E-state index contributed by atoms with van der Waals surface area (Å²) in [6.45, 7) is -0.239. The van der Waals surface area contributed by atoms with Crippen LogP contribution in [0.5, 0.6) is 17.2 Å². The van der Waals surface area contributed by atoms with Crippen LogP contribution in [-0.2, 0) is 0 Å². The average Bonchev–Trinajstić information content (AvgIpc) is 2.47. The number of aliphatic hydroxyl groups is 2. The van der Waals surface area contributed by atoms with E-state index < -0.39 is 12.1 Å². The number of ketones is 1. The number of phenolic OH excluding ortho intramolecular Hbond substituents is 2. The van der Waals surface area contributed by atoms with E-state index in [1.807, 2.05) is 0 Å². The van der Waals surface area contributed by atoms with E-state index >= 15 is 0 Å². The molecule has 0 aliphatic rings. The van der Waals surface area contributed by atoms with Gasteiger partial charge in [-0.25, -0.2) is 0 Å². The zero-order chi connectivity index (χ0) is 16.1. The van der Waals surface area contributed by atoms with Gasteiger partial charge in [-0.05, 0) is 24.3 Å². The highest BCUT2D eigenvalue weighted by atomic mass is 16.6. The third kappa shape index (κ3) is 3.55. The molecule has 116 valence electrons. The number of phenols is 2. The SMILES string of the molecule is O=C(c1ccccc1O)c1ccc(OC(O)CCO)cc1O. The zero-order valence-corrected chi connectivity index (χ0v) is 11.6. The topological polar surface area (TPSA) is 107 Å². The molecule has 0 saturated carbocycles. The lowest BCUT2D eigenvalue weighted by Gasteiger charge is -2.13. The molecule has 2 aromatic carbocycles. The molecular weight excluding hydrogens is 288 g/mol. The van der Waals surface area contributed by atoms with Crippen LogP contribution in [0.25, 0.3) is 0 Å². The van der Waals surface area contributed by atoms with Crippen molar-refractivity contribution in [3.05, 3.63) is 53.6 Å². The molecule has 0 heterocycles. The van der Waals surface area contributed by atoms with Gasteiger partial charge in [-0.2, -0.15) is 0 Å². The Kier molecular flexibility index (Phi) is 4.98. The fraction of sp³-hybridized carbons (Fsp3) is 0.188. The Morgan fingerprint density at radius 3 is 2.36 bits per heavy atom. The summed E-state index contributed by atoms with van der Waals surface area (Å²) in [6, 6.07) is 9.96. The summed E-state index contributed by atoms with van der Waals surface area (Å²) in [4.78, 5) is 12.3. The lowest BCUT2D eigenvalue weighted by atomic mass is 10.0. The second kappa shape index (κ2) is 6.93. The molecule has 0 spiro atoms. The molecule has 0 amide bonds. The number of carbonyl (C=O) groups excluding carboxylic acids is 1. The van der Waals surface area contributed by atoms with Crippen LogP contribution < -0.4 is 4.74 Å². The van der Waals surface area contributed by atoms with Gasteiger partial charge in [0.15, 0.2) is 12.1 Å². The van der Waals surface area contributed by atoms with Crippen molar-refractivity contribution in [2.75, 3.05) is 6.61 Å². The van der Waals surface area contributed by atoms with Crippen LogP contribution in [0.1, 0.15) is 22.3 Å². The minimum atomic E-state index is -1.20. The number of benzene rings is 2. The standard InChI is InChI=1S/C16H16O6/c17-8-7-15(20)22-10-5-6-12(14(19)9-10)16(21)11-3-1-2-4-13(11)18/h1-6,9,15,17-20H,7-8H2. The molecule has 2 aromatic rings. The van der Waals surface area contributed by atoms with Gasteiger partial charge in [0.2, 0.25) is 0 Å². The van der Waals surface area contributed by atoms with E-state index in [-0.39, 0.29) is 41.4 Å². The van der Waals surface area contributed by atoms with E-state index in [1.165, 1.54) is 30.3 Å². The highest BCUT2D eigenvalue weighted by Crippen LogP contribution is 2.28. The third-order valence-corrected chi connectivity index (χ3v) is 3.01. The van der Waals surface area contributed by atoms with Crippen molar-refractivity contribution in [2.45, 2.75) is 12.7 Å². The molecule has 0 radical (unpaired) electrons. The number of aliphatic hydroxyl groups excluding tert-OH is 2. The van der Waals surface area contributed by atoms with E-state index in [1.54, 1.807) is 12.1 Å². The smallest absolute Gasteiger partial charge is 0.200 e. The summed E-state index contributed by atoms with van der Waals surface area (Å²) >= 11 is 0. The third-order valence-electron chi connectivity index (χ3n) is 3.01. The molecule has 6 nitrogen and oxygen atoms in total. The molecule has 0 bridgehead atoms. The van der Waals surface area contributed by atoms with Gasteiger partial charge in [-0.1, -0.05) is 12.1 Å². The Labute approximate surface area is 126 Å². The van der Waals surface area contributed by atoms with Crippen LogP contribution >= 0.6 is 0 Å². The maximum absolute atomic E-state index is 12.3. The fourth-order valence-corrected chi connectivity index (χ4v) is 1.91. The van der Waals surface area contributed by atoms with Crippen molar-refractivity contribution in [1.82, 2.24) is 0 Å². The predicted molar refractivity (Wildman–Crippen MR) is 78.0 cm³/mol. The number of hydrogen-bond donors (Lipinski definition) is 4. The number of ether oxygens (including phenoxy) is 1. The van der Waals surface area contributed by atoms with Crippen molar-refractivity contribution < 1.29 is 30.0 Å². The van der Waals surface area contributed by atoms with Gasteiger partial charge in [0, 0.05) is 19.1 Å². The number of hydrogen-bond acceptors (Lipinski definition) is 6. The molecule has 1 atom stereocenters. The van der Waals surface area contributed by atoms with E-state index in [0.29, 0.717) is 0 Å². The second-order valence-electron chi connectivity index (χ2n) is 4.61. The van der Waals surface area contributed by atoms with Crippen LogP contribution in [0.2, 0.25) is 0 Å². The monoisotopic (exact) mass is 304 g/mol. The van der Waals surface area contributed by atoms with E-state index in [9.17, 15) is 20.1 Å². The van der Waals surface area contributed by atoms with E-state index in [0.717, 1.165) is 0 Å². The first-order chi connectivity index (χ1) is 10.5. The summed E-state index contributed by atoms with van der Waals surface area (Å²) in [5.74, 6) is -0.877. The number of carbonyl (C=O) groups is 1. The minimum absolute atomic E-state index is 0.00509. The van der Waals surface area contributed by atoms with E-state index in [2.05, 4.69) is 0 Å². The second-order valence-corrected chi connectivity index (χ2v) is 4.61. The molecular formula is C16H16O6. The maximum Gasteiger partial charge on any atom is 0.200 e. The van der Waals surface area contributed by atoms with Crippen LogP contribution in [0.4, 0.5) is 0 Å². The van der Waals surface area contributed by atoms with Crippen molar-refractivity contribution in [2.24, 2.45) is 0 Å². The maximum atomic E-state index is 12.3. The largest absolute Gasteiger partial charge is 0.507 e. The van der Waals surface area contributed by atoms with Gasteiger partial charge in [-0.3, -0.25) is 4.79 Å². The average molecular weight is 304 g/mol. The van der Waals surface area contributed by atoms with Crippen LogP contribution in [0.15, 0.2) is 42.5 Å². The quantitative estimate of drug-likeness (QED) is 0.475. The van der Waals surface area contributed by atoms with Crippen molar-refractivity contribution in [3.63, 3.8) is 0 Å². The van der Waals surface area contributed by atoms with Gasteiger partial charge in [0.1, 0.15) is 17.2 Å². The van der Waals surface area contributed by atoms with Crippen LogP contribution in [-0.4, -0.2) is 39.1 Å². The molecule has 22 heavy (non-hydrogen) atoms. The van der Waals surface area contributed by atoms with Gasteiger partial charge in [-0.15, -0.1) is 0 Å². The van der Waals surface area contributed by atoms with Crippen LogP contribution in [0, 0.1) is 0 Å². The molecule has 0 fully saturated rings. The first-order valence-electron chi connectivity index (χ1n) is 6.64. The molecule has 2 rings (SSSR count). The summed E-state index contributed by atoms with van der Waals surface area (Å²) < 4.78 is 5.07. The summed E-state index contributed by atoms with van der Waals surface area (Å²) in [7, 11) is 0. The Hall–Kier alpha value is -2.57. The first-order valence-corrected chi connectivity index (χ1v) is 6.64. The highest BCUT2D eigenvalue weighted by Gasteiger charge is 2.17. The molecule has 0 saturated heterocycles. The normalized spacial score (nSPS) is 11.9. The lowest BCUT2D eigenvalue weighted by molar-refractivity contribution is -0.0327. The van der Waals surface area contributed by atoms with Gasteiger partial charge in [0.25, 0.3) is 0 Å². The highest BCUT2D eigenvalue weighted by molar-refractivity contribution is 6.12. The molecule has 0 aliphatic heterocycles. The Balaban J connectivity index is 2.23. The molecule has 0 aliphatic carbocycles. The Bertz CT molecular complexity index is 667. The summed E-state index contributed by atoms with van der Waals surface area (Å²) in [6.07, 6.45) is -1.18. The molecule has 0 aromatic heterocycles. The summed E-state index contributed by atoms with van der Waals surface area (Å²) in [5, 5.41) is 37.7. The summed E-state index contributed by atoms with van der Waals surface area (Å²) in [5.41, 5.74) is 0.0808. The first kappa shape index (κ1) is 15.8. The van der Waals surface area contributed by atoms with Gasteiger partial charge in [0.05, 0.1) is 11.1 Å². The Morgan fingerprint density at radius 1 is 1.05 bits per heavy atom. The molecule has 1 unspecified atom stereocenters. The van der Waals surface area contributed by atoms with Gasteiger partial charge < -0.3 is 25.2 Å². The number of rotatable bonds is 6. The number of aromatic hydroxyl groups is 2. The van der Waals surface area contributed by atoms with Crippen LogP contribution in [0.3, 0.4) is 0 Å². The van der Waals surface area contributed by atoms with Crippen molar-refractivity contribution in [3.8, 4) is 17.2 Å². The Morgan fingerprint density at radius 2 is 1.73 bits per heavy atom. The molecule has 6 heteroatoms. The van der Waals surface area contributed by atoms with Crippen molar-refractivity contribution >= 4 is 5.78 Å². The van der Waals surface area contributed by atoms with Crippen molar-refractivity contribution in [1.29, 1.82) is 0 Å². The fourth-order valence-electron chi connectivity index (χ4n) is 1.91. The van der Waals surface area contributed by atoms with Gasteiger partial charge >= 0.3 is 0 Å². The van der Waals surface area contributed by atoms with E-state index in [4.69, 9.17) is 9.84 Å². The minimum Gasteiger partial charge on any atom is -0.507 e.